The van der Waals surface area contributed by atoms with Crippen molar-refractivity contribution in [3.8, 4) is 0 Å². The van der Waals surface area contributed by atoms with Crippen molar-refractivity contribution in [1.29, 1.82) is 0 Å². The summed E-state index contributed by atoms with van der Waals surface area (Å²) >= 11 is 7.07. The second-order valence-corrected chi connectivity index (χ2v) is 8.79. The molecule has 2 aromatic carbocycles. The average molecular weight is 473 g/mol. The number of hydrogen-bond donors (Lipinski definition) is 1. The van der Waals surface area contributed by atoms with E-state index in [1.165, 1.54) is 28.8 Å². The van der Waals surface area contributed by atoms with Gasteiger partial charge in [-0.25, -0.2) is 4.39 Å². The number of carbonyl (C=O) groups excluding carboxylic acids is 2. The molecule has 3 aromatic rings. The molecular formula is C24H22ClFN2O3S. The molecule has 0 aliphatic carbocycles. The Bertz CT molecular complexity index is 1310. The third-order valence-electron chi connectivity index (χ3n) is 4.79. The van der Waals surface area contributed by atoms with Crippen LogP contribution < -0.4 is 20.1 Å². The minimum absolute atomic E-state index is 0.0393. The molecule has 1 aromatic heterocycles. The number of halogens is 2. The van der Waals surface area contributed by atoms with E-state index >= 15 is 0 Å². The minimum Gasteiger partial charge on any atom is -0.352 e. The summed E-state index contributed by atoms with van der Waals surface area (Å²) in [6.07, 6.45) is 3.69. The number of Topliss-reactive ketones (excluding diaryl/α,β-unsaturated/α-hetero) is 1. The number of nitrogens with zero attached hydrogens (tertiary/aromatic N) is 1. The largest absolute Gasteiger partial charge is 0.352 e. The van der Waals surface area contributed by atoms with Crippen LogP contribution in [0.25, 0.3) is 12.2 Å². The number of nitrogens with one attached hydrogen (secondary N) is 1. The van der Waals surface area contributed by atoms with Crippen molar-refractivity contribution in [3.63, 3.8) is 0 Å². The smallest absolute Gasteiger partial charge is 0.269 e. The summed E-state index contributed by atoms with van der Waals surface area (Å²) in [5, 5.41) is 3.25. The lowest BCUT2D eigenvalue weighted by Crippen LogP contribution is -2.40. The number of rotatable bonds is 7. The van der Waals surface area contributed by atoms with Gasteiger partial charge < -0.3 is 5.32 Å². The number of ketones is 1. The lowest BCUT2D eigenvalue weighted by Gasteiger charge is -2.11. The van der Waals surface area contributed by atoms with Gasteiger partial charge in [0.2, 0.25) is 5.91 Å². The van der Waals surface area contributed by atoms with E-state index in [0.717, 1.165) is 17.8 Å². The van der Waals surface area contributed by atoms with Gasteiger partial charge in [0.15, 0.2) is 5.78 Å². The molecule has 8 heteroatoms. The molecule has 1 heterocycles. The Morgan fingerprint density at radius 2 is 1.94 bits per heavy atom. The molecule has 0 unspecified atom stereocenters. The fourth-order valence-corrected chi connectivity index (χ4v) is 4.14. The Morgan fingerprint density at radius 3 is 2.59 bits per heavy atom. The number of amides is 1. The molecule has 0 saturated carbocycles. The Kier molecular flexibility index (Phi) is 7.77. The molecule has 32 heavy (non-hydrogen) atoms. The predicted octanol–water partition coefficient (Wildman–Crippen LogP) is 3.11. The summed E-state index contributed by atoms with van der Waals surface area (Å²) in [6, 6.07) is 12.2. The first-order valence-electron chi connectivity index (χ1n) is 10.0. The van der Waals surface area contributed by atoms with E-state index < -0.39 is 5.56 Å². The molecule has 0 saturated heterocycles. The molecule has 0 bridgehead atoms. The van der Waals surface area contributed by atoms with Crippen LogP contribution in [-0.4, -0.2) is 22.3 Å². The third kappa shape index (κ3) is 6.02. The first-order valence-corrected chi connectivity index (χ1v) is 11.2. The predicted molar refractivity (Wildman–Crippen MR) is 126 cm³/mol. The van der Waals surface area contributed by atoms with Gasteiger partial charge in [-0.1, -0.05) is 42.8 Å². The first-order chi connectivity index (χ1) is 15.3. The van der Waals surface area contributed by atoms with E-state index in [0.29, 0.717) is 25.3 Å². The standard InChI is InChI=1S/C24H22ClFN2O3S/c1-3-15(2)27-22(30)14-28-23(13-20(29)17-5-4-6-18(25)12-17)32-21(24(28)31)11-16-7-9-19(26)10-8-16/h4-13,15H,3,14H2,1-2H3,(H,27,30)/b21-11+,23-13-/t15-/m1/s1. The number of hydrogen-bond acceptors (Lipinski definition) is 4. The highest BCUT2D eigenvalue weighted by molar-refractivity contribution is 7.07. The zero-order valence-electron chi connectivity index (χ0n) is 17.6. The van der Waals surface area contributed by atoms with Crippen molar-refractivity contribution in [2.45, 2.75) is 32.9 Å². The Labute approximate surface area is 193 Å². The van der Waals surface area contributed by atoms with Gasteiger partial charge in [-0.05, 0) is 49.2 Å². The normalized spacial score (nSPS) is 13.2. The van der Waals surface area contributed by atoms with E-state index in [2.05, 4.69) is 5.32 Å². The van der Waals surface area contributed by atoms with Crippen molar-refractivity contribution < 1.29 is 14.0 Å². The zero-order valence-corrected chi connectivity index (χ0v) is 19.2. The Hall–Kier alpha value is -3.03. The van der Waals surface area contributed by atoms with Crippen LogP contribution in [0.1, 0.15) is 36.2 Å². The number of benzene rings is 2. The van der Waals surface area contributed by atoms with Crippen molar-refractivity contribution in [2.24, 2.45) is 0 Å². The van der Waals surface area contributed by atoms with Crippen LogP contribution in [0.5, 0.6) is 0 Å². The molecule has 166 valence electrons. The molecule has 1 amide bonds. The third-order valence-corrected chi connectivity index (χ3v) is 6.08. The monoisotopic (exact) mass is 472 g/mol. The Balaban J connectivity index is 2.09. The number of thiazole rings is 1. The van der Waals surface area contributed by atoms with E-state index in [1.54, 1.807) is 36.4 Å². The molecular weight excluding hydrogens is 451 g/mol. The van der Waals surface area contributed by atoms with E-state index in [1.807, 2.05) is 13.8 Å². The van der Waals surface area contributed by atoms with Gasteiger partial charge >= 0.3 is 0 Å². The van der Waals surface area contributed by atoms with Gasteiger partial charge in [0, 0.05) is 22.7 Å². The summed E-state index contributed by atoms with van der Waals surface area (Å²) in [5.74, 6) is -1.04. The van der Waals surface area contributed by atoms with Crippen molar-refractivity contribution in [2.75, 3.05) is 0 Å². The van der Waals surface area contributed by atoms with Gasteiger partial charge in [-0.3, -0.25) is 19.0 Å². The van der Waals surface area contributed by atoms with Gasteiger partial charge in [0.1, 0.15) is 17.0 Å². The molecule has 0 radical (unpaired) electrons. The van der Waals surface area contributed by atoms with Crippen molar-refractivity contribution in [1.82, 2.24) is 9.88 Å². The highest BCUT2D eigenvalue weighted by Crippen LogP contribution is 2.11. The summed E-state index contributed by atoms with van der Waals surface area (Å²) in [5.41, 5.74) is 0.607. The quantitative estimate of drug-likeness (QED) is 0.537. The molecule has 1 atom stereocenters. The molecule has 0 spiro atoms. The van der Waals surface area contributed by atoms with Crippen LogP contribution in [0, 0.1) is 5.82 Å². The lowest BCUT2D eigenvalue weighted by atomic mass is 10.1. The zero-order chi connectivity index (χ0) is 23.3. The fourth-order valence-electron chi connectivity index (χ4n) is 2.91. The summed E-state index contributed by atoms with van der Waals surface area (Å²) in [6.45, 7) is 3.60. The van der Waals surface area contributed by atoms with Gasteiger partial charge in [0.05, 0.1) is 4.53 Å². The topological polar surface area (TPSA) is 68.2 Å². The van der Waals surface area contributed by atoms with Crippen LogP contribution in [-0.2, 0) is 11.3 Å². The maximum Gasteiger partial charge on any atom is 0.269 e. The maximum atomic E-state index is 13.2. The molecule has 1 N–H and O–H groups in total. The van der Waals surface area contributed by atoms with Crippen LogP contribution in [0.4, 0.5) is 4.39 Å². The SMILES string of the molecule is CC[C@@H](C)NC(=O)Cn1c(=O)/c(=C\c2ccc(F)cc2)s/c1=C\C(=O)c1cccc(Cl)c1. The van der Waals surface area contributed by atoms with E-state index in [4.69, 9.17) is 11.6 Å². The maximum absolute atomic E-state index is 13.2. The van der Waals surface area contributed by atoms with Crippen LogP contribution >= 0.6 is 22.9 Å². The van der Waals surface area contributed by atoms with Crippen LogP contribution in [0.3, 0.4) is 0 Å². The average Bonchev–Trinajstić information content (AvgIpc) is 3.03. The highest BCUT2D eigenvalue weighted by atomic mass is 35.5. The van der Waals surface area contributed by atoms with E-state index in [-0.39, 0.29) is 30.1 Å². The van der Waals surface area contributed by atoms with Crippen molar-refractivity contribution in [3.05, 3.63) is 90.0 Å². The summed E-state index contributed by atoms with van der Waals surface area (Å²) in [7, 11) is 0. The summed E-state index contributed by atoms with van der Waals surface area (Å²) in [4.78, 5) is 38.3. The van der Waals surface area contributed by atoms with Gasteiger partial charge in [-0.15, -0.1) is 11.3 Å². The molecule has 0 fully saturated rings. The van der Waals surface area contributed by atoms with Gasteiger partial charge in [-0.2, -0.15) is 0 Å². The Morgan fingerprint density at radius 1 is 1.22 bits per heavy atom. The minimum atomic E-state index is -0.399. The van der Waals surface area contributed by atoms with E-state index in [9.17, 15) is 18.8 Å². The summed E-state index contributed by atoms with van der Waals surface area (Å²) < 4.78 is 15.2. The number of carbonyl (C=O) groups is 2. The second kappa shape index (κ2) is 10.5. The van der Waals surface area contributed by atoms with Crippen LogP contribution in [0.2, 0.25) is 5.02 Å². The highest BCUT2D eigenvalue weighted by Gasteiger charge is 2.13. The first kappa shape index (κ1) is 23.6. The fraction of sp³-hybridized carbons (Fsp3) is 0.208. The molecule has 0 aliphatic rings. The molecule has 3 rings (SSSR count). The molecule has 5 nitrogen and oxygen atoms in total. The second-order valence-electron chi connectivity index (χ2n) is 7.29. The van der Waals surface area contributed by atoms with Gasteiger partial charge in [0.25, 0.3) is 5.56 Å². The van der Waals surface area contributed by atoms with Crippen LogP contribution in [0.15, 0.2) is 53.3 Å². The number of aromatic nitrogens is 1. The lowest BCUT2D eigenvalue weighted by molar-refractivity contribution is -0.122. The van der Waals surface area contributed by atoms with Crippen molar-refractivity contribution >= 4 is 46.8 Å². The molecule has 0 aliphatic heterocycles.